The van der Waals surface area contributed by atoms with E-state index in [4.69, 9.17) is 0 Å². The number of benzene rings is 3. The highest BCUT2D eigenvalue weighted by Gasteiger charge is 2.20. The van der Waals surface area contributed by atoms with Crippen LogP contribution in [0.2, 0.25) is 0 Å². The SMILES string of the molecule is CC(C)N(CCC(=O)NCCC(c1ccccc1)c1ccccc1)C(=O)c1ccc(F)cc1. The average Bonchev–Trinajstić information content (AvgIpc) is 2.83. The molecule has 0 saturated heterocycles. The van der Waals surface area contributed by atoms with E-state index in [0.29, 0.717) is 18.7 Å². The number of hydrogen-bond donors (Lipinski definition) is 1. The predicted octanol–water partition coefficient (Wildman–Crippen LogP) is 5.40. The van der Waals surface area contributed by atoms with Crippen molar-refractivity contribution in [2.75, 3.05) is 13.1 Å². The van der Waals surface area contributed by atoms with E-state index in [1.165, 1.54) is 35.4 Å². The second kappa shape index (κ2) is 12.0. The van der Waals surface area contributed by atoms with Crippen LogP contribution in [0.15, 0.2) is 84.9 Å². The molecule has 0 aromatic heterocycles. The third-order valence-corrected chi connectivity index (χ3v) is 5.71. The molecule has 0 spiro atoms. The van der Waals surface area contributed by atoms with E-state index in [-0.39, 0.29) is 36.0 Å². The lowest BCUT2D eigenvalue weighted by molar-refractivity contribution is -0.121. The minimum Gasteiger partial charge on any atom is -0.356 e. The topological polar surface area (TPSA) is 49.4 Å². The Hall–Kier alpha value is -3.47. The van der Waals surface area contributed by atoms with Crippen molar-refractivity contribution >= 4 is 11.8 Å². The summed E-state index contributed by atoms with van der Waals surface area (Å²) in [5, 5.41) is 3.01. The number of carbonyl (C=O) groups excluding carboxylic acids is 2. The molecule has 2 amide bonds. The summed E-state index contributed by atoms with van der Waals surface area (Å²) >= 11 is 0. The lowest BCUT2D eigenvalue weighted by atomic mass is 9.88. The lowest BCUT2D eigenvalue weighted by Crippen LogP contribution is -2.40. The van der Waals surface area contributed by atoms with Gasteiger partial charge in [-0.1, -0.05) is 60.7 Å². The summed E-state index contributed by atoms with van der Waals surface area (Å²) in [6, 6.07) is 26.0. The summed E-state index contributed by atoms with van der Waals surface area (Å²) in [6.07, 6.45) is 0.995. The summed E-state index contributed by atoms with van der Waals surface area (Å²) in [7, 11) is 0. The Bertz CT molecular complexity index is 981. The van der Waals surface area contributed by atoms with Gasteiger partial charge in [0.15, 0.2) is 0 Å². The first-order valence-corrected chi connectivity index (χ1v) is 11.4. The van der Waals surface area contributed by atoms with Crippen molar-refractivity contribution < 1.29 is 14.0 Å². The van der Waals surface area contributed by atoms with Crippen LogP contribution in [-0.2, 0) is 4.79 Å². The lowest BCUT2D eigenvalue weighted by Gasteiger charge is -2.26. The highest BCUT2D eigenvalue weighted by molar-refractivity contribution is 5.94. The molecule has 3 aromatic rings. The summed E-state index contributed by atoms with van der Waals surface area (Å²) in [6.45, 7) is 4.66. The first-order chi connectivity index (χ1) is 16.0. The number of hydrogen-bond acceptors (Lipinski definition) is 2. The van der Waals surface area contributed by atoms with Crippen molar-refractivity contribution in [1.29, 1.82) is 0 Å². The molecule has 3 rings (SSSR count). The van der Waals surface area contributed by atoms with Gasteiger partial charge in [0.1, 0.15) is 5.82 Å². The molecule has 172 valence electrons. The number of rotatable bonds is 10. The molecule has 0 heterocycles. The fraction of sp³-hybridized carbons (Fsp3) is 0.286. The first-order valence-electron chi connectivity index (χ1n) is 11.4. The van der Waals surface area contributed by atoms with E-state index in [0.717, 1.165) is 6.42 Å². The molecule has 0 aliphatic carbocycles. The van der Waals surface area contributed by atoms with Crippen LogP contribution >= 0.6 is 0 Å². The standard InChI is InChI=1S/C28H31FN2O2/c1-21(2)31(28(33)24-13-15-25(29)16-14-24)20-18-27(32)30-19-17-26(22-9-5-3-6-10-22)23-11-7-4-8-12-23/h3-16,21,26H,17-20H2,1-2H3,(H,30,32). The van der Waals surface area contributed by atoms with Crippen molar-refractivity contribution in [3.63, 3.8) is 0 Å². The smallest absolute Gasteiger partial charge is 0.254 e. The minimum absolute atomic E-state index is 0.0732. The largest absolute Gasteiger partial charge is 0.356 e. The molecular weight excluding hydrogens is 415 g/mol. The van der Waals surface area contributed by atoms with Crippen molar-refractivity contribution in [3.8, 4) is 0 Å². The second-order valence-electron chi connectivity index (χ2n) is 8.36. The van der Waals surface area contributed by atoms with Gasteiger partial charge in [-0.2, -0.15) is 0 Å². The maximum atomic E-state index is 13.2. The van der Waals surface area contributed by atoms with Gasteiger partial charge in [-0.25, -0.2) is 4.39 Å². The van der Waals surface area contributed by atoms with Gasteiger partial charge in [-0.05, 0) is 55.7 Å². The summed E-state index contributed by atoms with van der Waals surface area (Å²) in [4.78, 5) is 27.0. The molecule has 33 heavy (non-hydrogen) atoms. The van der Waals surface area contributed by atoms with Crippen molar-refractivity contribution in [2.45, 2.75) is 38.6 Å². The Labute approximate surface area is 195 Å². The molecule has 1 N–H and O–H groups in total. The van der Waals surface area contributed by atoms with Crippen molar-refractivity contribution in [3.05, 3.63) is 107 Å². The maximum Gasteiger partial charge on any atom is 0.254 e. The van der Waals surface area contributed by atoms with E-state index in [1.807, 2.05) is 50.2 Å². The third kappa shape index (κ3) is 7.01. The zero-order valence-electron chi connectivity index (χ0n) is 19.2. The van der Waals surface area contributed by atoms with Crippen molar-refractivity contribution in [1.82, 2.24) is 10.2 Å². The van der Waals surface area contributed by atoms with E-state index in [9.17, 15) is 14.0 Å². The quantitative estimate of drug-likeness (QED) is 0.453. The second-order valence-corrected chi connectivity index (χ2v) is 8.36. The monoisotopic (exact) mass is 446 g/mol. The normalized spacial score (nSPS) is 10.9. The van der Waals surface area contributed by atoms with Crippen LogP contribution < -0.4 is 5.32 Å². The van der Waals surface area contributed by atoms with Crippen LogP contribution in [0.25, 0.3) is 0 Å². The van der Waals surface area contributed by atoms with Gasteiger partial charge in [0.05, 0.1) is 0 Å². The number of amides is 2. The molecule has 5 heteroatoms. The maximum absolute atomic E-state index is 13.2. The summed E-state index contributed by atoms with van der Waals surface area (Å²) in [5.41, 5.74) is 2.85. The highest BCUT2D eigenvalue weighted by Crippen LogP contribution is 2.27. The molecule has 0 aliphatic heterocycles. The molecule has 0 saturated carbocycles. The van der Waals surface area contributed by atoms with Crippen LogP contribution in [-0.4, -0.2) is 35.8 Å². The van der Waals surface area contributed by atoms with E-state index >= 15 is 0 Å². The predicted molar refractivity (Wildman–Crippen MR) is 130 cm³/mol. The fourth-order valence-corrected chi connectivity index (χ4v) is 3.92. The highest BCUT2D eigenvalue weighted by atomic mass is 19.1. The molecule has 0 fully saturated rings. The summed E-state index contributed by atoms with van der Waals surface area (Å²) in [5.74, 6) is -0.482. The first kappa shape index (κ1) is 24.2. The molecule has 0 unspecified atom stereocenters. The minimum atomic E-state index is -0.383. The van der Waals surface area contributed by atoms with Gasteiger partial charge < -0.3 is 10.2 Å². The molecule has 3 aromatic carbocycles. The van der Waals surface area contributed by atoms with Crippen LogP contribution in [0.1, 0.15) is 54.1 Å². The number of halogens is 1. The Morgan fingerprint density at radius 2 is 1.39 bits per heavy atom. The molecule has 0 radical (unpaired) electrons. The van der Waals surface area contributed by atoms with Crippen LogP contribution in [0.5, 0.6) is 0 Å². The molecule has 0 atom stereocenters. The summed E-state index contributed by atoms with van der Waals surface area (Å²) < 4.78 is 13.2. The Morgan fingerprint density at radius 3 is 1.91 bits per heavy atom. The Morgan fingerprint density at radius 1 is 0.848 bits per heavy atom. The number of nitrogens with zero attached hydrogens (tertiary/aromatic N) is 1. The van der Waals surface area contributed by atoms with Gasteiger partial charge in [-0.15, -0.1) is 0 Å². The molecular formula is C28H31FN2O2. The van der Waals surface area contributed by atoms with Crippen LogP contribution in [0, 0.1) is 5.82 Å². The van der Waals surface area contributed by atoms with E-state index < -0.39 is 0 Å². The zero-order valence-corrected chi connectivity index (χ0v) is 19.2. The third-order valence-electron chi connectivity index (χ3n) is 5.71. The molecule has 0 bridgehead atoms. The van der Waals surface area contributed by atoms with Crippen molar-refractivity contribution in [2.24, 2.45) is 0 Å². The van der Waals surface area contributed by atoms with E-state index in [2.05, 4.69) is 29.6 Å². The van der Waals surface area contributed by atoms with Gasteiger partial charge >= 0.3 is 0 Å². The van der Waals surface area contributed by atoms with Gasteiger partial charge in [0, 0.05) is 37.0 Å². The van der Waals surface area contributed by atoms with Crippen LogP contribution in [0.3, 0.4) is 0 Å². The van der Waals surface area contributed by atoms with Crippen LogP contribution in [0.4, 0.5) is 4.39 Å². The molecule has 0 aliphatic rings. The Kier molecular flexibility index (Phi) is 8.76. The zero-order chi connectivity index (χ0) is 23.6. The Balaban J connectivity index is 1.55. The molecule has 4 nitrogen and oxygen atoms in total. The number of nitrogens with one attached hydrogen (secondary N) is 1. The fourth-order valence-electron chi connectivity index (χ4n) is 3.92. The van der Waals surface area contributed by atoms with Gasteiger partial charge in [-0.3, -0.25) is 9.59 Å². The number of carbonyl (C=O) groups is 2. The van der Waals surface area contributed by atoms with E-state index in [1.54, 1.807) is 4.90 Å². The average molecular weight is 447 g/mol. The van der Waals surface area contributed by atoms with Gasteiger partial charge in [0.25, 0.3) is 5.91 Å². The van der Waals surface area contributed by atoms with Gasteiger partial charge in [0.2, 0.25) is 5.91 Å².